The second kappa shape index (κ2) is 6.91. The van der Waals surface area contributed by atoms with Gasteiger partial charge in [-0.25, -0.2) is 0 Å². The van der Waals surface area contributed by atoms with Crippen molar-refractivity contribution in [2.75, 3.05) is 14.2 Å². The molecule has 0 aliphatic carbocycles. The van der Waals surface area contributed by atoms with Crippen molar-refractivity contribution >= 4 is 0 Å². The van der Waals surface area contributed by atoms with E-state index in [0.717, 1.165) is 22.6 Å². The Kier molecular flexibility index (Phi) is 4.96. The van der Waals surface area contributed by atoms with Crippen molar-refractivity contribution in [3.05, 3.63) is 53.9 Å². The highest BCUT2D eigenvalue weighted by Crippen LogP contribution is 2.24. The highest BCUT2D eigenvalue weighted by Gasteiger charge is 2.08. The van der Waals surface area contributed by atoms with E-state index in [9.17, 15) is 0 Å². The summed E-state index contributed by atoms with van der Waals surface area (Å²) in [6.45, 7) is 2.82. The molecule has 1 N–H and O–H groups in total. The van der Waals surface area contributed by atoms with Gasteiger partial charge in [0.2, 0.25) is 0 Å². The van der Waals surface area contributed by atoms with Crippen LogP contribution >= 0.6 is 0 Å². The first-order valence-corrected chi connectivity index (χ1v) is 6.59. The fourth-order valence-electron chi connectivity index (χ4n) is 2.03. The zero-order valence-electron chi connectivity index (χ0n) is 12.1. The van der Waals surface area contributed by atoms with Crippen LogP contribution in [0.15, 0.2) is 42.7 Å². The third kappa shape index (κ3) is 3.48. The molecule has 1 atom stereocenters. The average Bonchev–Trinajstić information content (AvgIpc) is 2.53. The normalized spacial score (nSPS) is 11.9. The highest BCUT2D eigenvalue weighted by molar-refractivity contribution is 5.40. The predicted octanol–water partition coefficient (Wildman–Crippen LogP) is 2.95. The van der Waals surface area contributed by atoms with Gasteiger partial charge >= 0.3 is 0 Å². The summed E-state index contributed by atoms with van der Waals surface area (Å²) in [4.78, 5) is 4.14. The van der Waals surface area contributed by atoms with E-state index in [4.69, 9.17) is 9.47 Å². The molecule has 1 aromatic heterocycles. The van der Waals surface area contributed by atoms with Crippen molar-refractivity contribution in [3.63, 3.8) is 0 Å². The van der Waals surface area contributed by atoms with Crippen molar-refractivity contribution in [1.29, 1.82) is 0 Å². The van der Waals surface area contributed by atoms with E-state index in [1.807, 2.05) is 30.5 Å². The summed E-state index contributed by atoms with van der Waals surface area (Å²) in [6, 6.07) is 10.0. The molecular weight excluding hydrogens is 252 g/mol. The third-order valence-electron chi connectivity index (χ3n) is 3.27. The molecule has 0 spiro atoms. The number of nitrogens with zero attached hydrogens (tertiary/aromatic N) is 1. The fraction of sp³-hybridized carbons (Fsp3) is 0.312. The minimum atomic E-state index is 0.222. The summed E-state index contributed by atoms with van der Waals surface area (Å²) in [5.74, 6) is 1.69. The van der Waals surface area contributed by atoms with Crippen LogP contribution in [0.5, 0.6) is 11.5 Å². The fourth-order valence-corrected chi connectivity index (χ4v) is 2.03. The van der Waals surface area contributed by atoms with E-state index < -0.39 is 0 Å². The summed E-state index contributed by atoms with van der Waals surface area (Å²) in [6.07, 6.45) is 3.65. The van der Waals surface area contributed by atoms with Crippen LogP contribution in [0.3, 0.4) is 0 Å². The van der Waals surface area contributed by atoms with Crippen LogP contribution in [-0.4, -0.2) is 19.2 Å². The van der Waals surface area contributed by atoms with Crippen LogP contribution in [0.25, 0.3) is 0 Å². The van der Waals surface area contributed by atoms with E-state index in [2.05, 4.69) is 23.3 Å². The van der Waals surface area contributed by atoms with Crippen molar-refractivity contribution in [2.45, 2.75) is 19.5 Å². The van der Waals surface area contributed by atoms with Crippen LogP contribution in [-0.2, 0) is 6.54 Å². The van der Waals surface area contributed by atoms with Gasteiger partial charge in [0.15, 0.2) is 0 Å². The van der Waals surface area contributed by atoms with Gasteiger partial charge in [0.05, 0.1) is 14.2 Å². The van der Waals surface area contributed by atoms with Gasteiger partial charge in [-0.1, -0.05) is 6.07 Å². The topological polar surface area (TPSA) is 43.4 Å². The zero-order valence-corrected chi connectivity index (χ0v) is 12.1. The van der Waals surface area contributed by atoms with Crippen molar-refractivity contribution < 1.29 is 9.47 Å². The summed E-state index contributed by atoms with van der Waals surface area (Å²) in [7, 11) is 3.34. The first-order chi connectivity index (χ1) is 9.74. The molecule has 0 aliphatic heterocycles. The van der Waals surface area contributed by atoms with Gasteiger partial charge in [-0.15, -0.1) is 0 Å². The molecule has 0 radical (unpaired) electrons. The molecule has 0 unspecified atom stereocenters. The van der Waals surface area contributed by atoms with Crippen molar-refractivity contribution in [3.8, 4) is 11.5 Å². The van der Waals surface area contributed by atoms with E-state index >= 15 is 0 Å². The van der Waals surface area contributed by atoms with Crippen LogP contribution in [0.2, 0.25) is 0 Å². The Labute approximate surface area is 119 Å². The van der Waals surface area contributed by atoms with E-state index in [-0.39, 0.29) is 6.04 Å². The molecule has 0 saturated heterocycles. The molecular formula is C16H20N2O2. The maximum Gasteiger partial charge on any atom is 0.123 e. The Bertz CT molecular complexity index is 543. The molecule has 1 aromatic carbocycles. The van der Waals surface area contributed by atoms with Crippen LogP contribution in [0.1, 0.15) is 24.1 Å². The minimum absolute atomic E-state index is 0.222. The number of nitrogens with one attached hydrogen (secondary N) is 1. The molecule has 4 nitrogen and oxygen atoms in total. The minimum Gasteiger partial charge on any atom is -0.497 e. The zero-order chi connectivity index (χ0) is 14.4. The Morgan fingerprint density at radius 3 is 2.70 bits per heavy atom. The molecule has 20 heavy (non-hydrogen) atoms. The average molecular weight is 272 g/mol. The summed E-state index contributed by atoms with van der Waals surface area (Å²) in [5, 5.41) is 3.47. The first-order valence-electron chi connectivity index (χ1n) is 6.59. The first kappa shape index (κ1) is 14.3. The van der Waals surface area contributed by atoms with Crippen LogP contribution < -0.4 is 14.8 Å². The molecule has 2 aromatic rings. The van der Waals surface area contributed by atoms with Gasteiger partial charge in [-0.2, -0.15) is 0 Å². The Morgan fingerprint density at radius 2 is 2.05 bits per heavy atom. The molecule has 0 amide bonds. The number of hydrogen-bond donors (Lipinski definition) is 1. The summed E-state index contributed by atoms with van der Waals surface area (Å²) >= 11 is 0. The number of pyridine rings is 1. The molecule has 0 saturated carbocycles. The number of ether oxygens (including phenoxy) is 2. The van der Waals surface area contributed by atoms with Crippen LogP contribution in [0, 0.1) is 0 Å². The van der Waals surface area contributed by atoms with Gasteiger partial charge < -0.3 is 14.8 Å². The Balaban J connectivity index is 2.06. The van der Waals surface area contributed by atoms with Gasteiger partial charge in [0, 0.05) is 30.5 Å². The predicted molar refractivity (Wildman–Crippen MR) is 79.0 cm³/mol. The molecule has 1 heterocycles. The quantitative estimate of drug-likeness (QED) is 0.878. The van der Waals surface area contributed by atoms with E-state index in [1.54, 1.807) is 20.4 Å². The maximum absolute atomic E-state index is 5.37. The largest absolute Gasteiger partial charge is 0.497 e. The van der Waals surface area contributed by atoms with Crippen molar-refractivity contribution in [1.82, 2.24) is 10.3 Å². The maximum atomic E-state index is 5.37. The molecule has 0 fully saturated rings. The SMILES string of the molecule is COc1ccc(OC)c(CN[C@H](C)c2cccnc2)c1. The van der Waals surface area contributed by atoms with Gasteiger partial charge in [-0.3, -0.25) is 4.98 Å². The van der Waals surface area contributed by atoms with Gasteiger partial charge in [-0.05, 0) is 36.8 Å². The monoisotopic (exact) mass is 272 g/mol. The molecule has 2 rings (SSSR count). The second-order valence-corrected chi connectivity index (χ2v) is 4.57. The summed E-state index contributed by atoms with van der Waals surface area (Å²) in [5.41, 5.74) is 2.23. The lowest BCUT2D eigenvalue weighted by Gasteiger charge is -2.16. The molecule has 0 bridgehead atoms. The van der Waals surface area contributed by atoms with Gasteiger partial charge in [0.25, 0.3) is 0 Å². The standard InChI is InChI=1S/C16H20N2O2/c1-12(13-5-4-8-17-10-13)18-11-14-9-15(19-2)6-7-16(14)20-3/h4-10,12,18H,11H2,1-3H3/t12-/m1/s1. The highest BCUT2D eigenvalue weighted by atomic mass is 16.5. The molecule has 106 valence electrons. The number of methoxy groups -OCH3 is 2. The van der Waals surface area contributed by atoms with E-state index in [0.29, 0.717) is 6.54 Å². The second-order valence-electron chi connectivity index (χ2n) is 4.57. The van der Waals surface area contributed by atoms with Crippen molar-refractivity contribution in [2.24, 2.45) is 0 Å². The molecule has 4 heteroatoms. The van der Waals surface area contributed by atoms with E-state index in [1.165, 1.54) is 0 Å². The lowest BCUT2D eigenvalue weighted by Crippen LogP contribution is -2.18. The van der Waals surface area contributed by atoms with Crippen LogP contribution in [0.4, 0.5) is 0 Å². The van der Waals surface area contributed by atoms with Gasteiger partial charge in [0.1, 0.15) is 11.5 Å². The number of rotatable bonds is 6. The number of benzene rings is 1. The summed E-state index contributed by atoms with van der Waals surface area (Å²) < 4.78 is 10.6. The molecule has 0 aliphatic rings. The smallest absolute Gasteiger partial charge is 0.123 e. The lowest BCUT2D eigenvalue weighted by molar-refractivity contribution is 0.395. The third-order valence-corrected chi connectivity index (χ3v) is 3.27. The Hall–Kier alpha value is -2.07. The Morgan fingerprint density at radius 1 is 1.20 bits per heavy atom. The lowest BCUT2D eigenvalue weighted by atomic mass is 10.1. The number of hydrogen-bond acceptors (Lipinski definition) is 4. The number of aromatic nitrogens is 1.